The van der Waals surface area contributed by atoms with Gasteiger partial charge in [0, 0.05) is 9.50 Å². The van der Waals surface area contributed by atoms with Crippen molar-refractivity contribution < 1.29 is 14.3 Å². The quantitative estimate of drug-likeness (QED) is 0.754. The van der Waals surface area contributed by atoms with Gasteiger partial charge in [-0.1, -0.05) is 23.7 Å². The van der Waals surface area contributed by atoms with Crippen molar-refractivity contribution in [3.63, 3.8) is 0 Å². The molecule has 7 heteroatoms. The Balaban J connectivity index is 1.96. The summed E-state index contributed by atoms with van der Waals surface area (Å²) in [6.45, 7) is 3.20. The SMILES string of the molecule is CC(C)(Oc1ccc(Cl)cc1)C(=O)NNC(=O)c1ccccc1Br. The zero-order valence-corrected chi connectivity index (χ0v) is 15.4. The van der Waals surface area contributed by atoms with Gasteiger partial charge in [0.1, 0.15) is 5.75 Å². The number of ether oxygens (including phenoxy) is 1. The van der Waals surface area contributed by atoms with Gasteiger partial charge in [0.15, 0.2) is 5.60 Å². The normalized spacial score (nSPS) is 10.8. The van der Waals surface area contributed by atoms with Crippen molar-refractivity contribution in [2.24, 2.45) is 0 Å². The first-order valence-corrected chi connectivity index (χ1v) is 8.26. The molecule has 0 unspecified atom stereocenters. The Labute approximate surface area is 153 Å². The highest BCUT2D eigenvalue weighted by Gasteiger charge is 2.30. The molecule has 0 fully saturated rings. The predicted octanol–water partition coefficient (Wildman–Crippen LogP) is 3.72. The summed E-state index contributed by atoms with van der Waals surface area (Å²) in [5, 5.41) is 0.574. The predicted molar refractivity (Wildman–Crippen MR) is 95.9 cm³/mol. The minimum absolute atomic E-state index is 0.411. The fraction of sp³-hybridized carbons (Fsp3) is 0.176. The number of nitrogens with one attached hydrogen (secondary N) is 2. The lowest BCUT2D eigenvalue weighted by Gasteiger charge is -2.25. The van der Waals surface area contributed by atoms with Crippen LogP contribution in [0.3, 0.4) is 0 Å². The number of hydrazine groups is 1. The first-order valence-electron chi connectivity index (χ1n) is 7.09. The Kier molecular flexibility index (Phi) is 5.85. The maximum atomic E-state index is 12.3. The van der Waals surface area contributed by atoms with E-state index in [4.69, 9.17) is 16.3 Å². The van der Waals surface area contributed by atoms with E-state index in [2.05, 4.69) is 26.8 Å². The second kappa shape index (κ2) is 7.68. The second-order valence-electron chi connectivity index (χ2n) is 5.45. The summed E-state index contributed by atoms with van der Waals surface area (Å²) >= 11 is 9.10. The lowest BCUT2D eigenvalue weighted by atomic mass is 10.1. The number of halogens is 2. The fourth-order valence-corrected chi connectivity index (χ4v) is 2.41. The van der Waals surface area contributed by atoms with Crippen molar-refractivity contribution in [2.45, 2.75) is 19.4 Å². The Morgan fingerprint density at radius 2 is 1.67 bits per heavy atom. The number of amides is 2. The van der Waals surface area contributed by atoms with E-state index in [9.17, 15) is 9.59 Å². The van der Waals surface area contributed by atoms with Gasteiger partial charge < -0.3 is 4.74 Å². The van der Waals surface area contributed by atoms with Crippen LogP contribution < -0.4 is 15.6 Å². The largest absolute Gasteiger partial charge is 0.478 e. The Hall–Kier alpha value is -2.05. The van der Waals surface area contributed by atoms with Crippen LogP contribution in [0.15, 0.2) is 53.0 Å². The minimum Gasteiger partial charge on any atom is -0.478 e. The highest BCUT2D eigenvalue weighted by atomic mass is 79.9. The molecule has 24 heavy (non-hydrogen) atoms. The molecule has 0 bridgehead atoms. The Morgan fingerprint density at radius 1 is 1.04 bits per heavy atom. The van der Waals surface area contributed by atoms with Gasteiger partial charge in [-0.05, 0) is 66.2 Å². The van der Waals surface area contributed by atoms with E-state index in [1.807, 2.05) is 0 Å². The molecule has 2 aromatic rings. The van der Waals surface area contributed by atoms with E-state index in [0.717, 1.165) is 0 Å². The zero-order chi connectivity index (χ0) is 17.7. The van der Waals surface area contributed by atoms with Crippen LogP contribution in [0.4, 0.5) is 0 Å². The van der Waals surface area contributed by atoms with Crippen molar-refractivity contribution in [1.29, 1.82) is 0 Å². The van der Waals surface area contributed by atoms with Crippen LogP contribution in [-0.4, -0.2) is 17.4 Å². The molecule has 0 aliphatic heterocycles. The van der Waals surface area contributed by atoms with Crippen LogP contribution in [-0.2, 0) is 4.79 Å². The van der Waals surface area contributed by atoms with Crippen molar-refractivity contribution in [1.82, 2.24) is 10.9 Å². The highest BCUT2D eigenvalue weighted by Crippen LogP contribution is 2.21. The van der Waals surface area contributed by atoms with Crippen LogP contribution in [0, 0.1) is 0 Å². The summed E-state index contributed by atoms with van der Waals surface area (Å²) in [7, 11) is 0. The topological polar surface area (TPSA) is 67.4 Å². The molecular formula is C17H16BrClN2O3. The zero-order valence-electron chi connectivity index (χ0n) is 13.1. The standard InChI is InChI=1S/C17H16BrClN2O3/c1-17(2,24-12-9-7-11(19)8-10-12)16(23)21-20-15(22)13-5-3-4-6-14(13)18/h3-10H,1-2H3,(H,20,22)(H,21,23). The van der Waals surface area contributed by atoms with Crippen LogP contribution in [0.1, 0.15) is 24.2 Å². The van der Waals surface area contributed by atoms with E-state index >= 15 is 0 Å². The Bertz CT molecular complexity index is 748. The number of carbonyl (C=O) groups is 2. The molecule has 0 saturated heterocycles. The average molecular weight is 412 g/mol. The van der Waals surface area contributed by atoms with Gasteiger partial charge >= 0.3 is 0 Å². The summed E-state index contributed by atoms with van der Waals surface area (Å²) < 4.78 is 6.28. The molecular weight excluding hydrogens is 396 g/mol. The molecule has 0 spiro atoms. The first-order chi connectivity index (χ1) is 11.3. The summed E-state index contributed by atoms with van der Waals surface area (Å²) in [4.78, 5) is 24.3. The Morgan fingerprint density at radius 3 is 2.29 bits per heavy atom. The number of rotatable bonds is 4. The number of carbonyl (C=O) groups excluding carboxylic acids is 2. The van der Waals surface area contributed by atoms with Gasteiger partial charge in [-0.3, -0.25) is 20.4 Å². The summed E-state index contributed by atoms with van der Waals surface area (Å²) in [6.07, 6.45) is 0. The molecule has 2 N–H and O–H groups in total. The third-order valence-electron chi connectivity index (χ3n) is 3.14. The molecule has 0 aliphatic carbocycles. The van der Waals surface area contributed by atoms with E-state index in [-0.39, 0.29) is 0 Å². The monoisotopic (exact) mass is 410 g/mol. The van der Waals surface area contributed by atoms with Crippen molar-refractivity contribution in [2.75, 3.05) is 0 Å². The average Bonchev–Trinajstić information content (AvgIpc) is 2.54. The smallest absolute Gasteiger partial charge is 0.281 e. The van der Waals surface area contributed by atoms with E-state index in [0.29, 0.717) is 20.8 Å². The van der Waals surface area contributed by atoms with Crippen LogP contribution in [0.5, 0.6) is 5.75 Å². The minimum atomic E-state index is -1.19. The fourth-order valence-electron chi connectivity index (χ4n) is 1.82. The van der Waals surface area contributed by atoms with E-state index in [1.54, 1.807) is 62.4 Å². The van der Waals surface area contributed by atoms with Gasteiger partial charge in [-0.25, -0.2) is 0 Å². The molecule has 126 valence electrons. The van der Waals surface area contributed by atoms with Gasteiger partial charge in [0.25, 0.3) is 11.8 Å². The number of hydrogen-bond donors (Lipinski definition) is 2. The maximum Gasteiger partial charge on any atom is 0.281 e. The maximum absolute atomic E-state index is 12.3. The van der Waals surface area contributed by atoms with Crippen molar-refractivity contribution in [3.8, 4) is 5.75 Å². The molecule has 0 aliphatic rings. The molecule has 0 aromatic heterocycles. The highest BCUT2D eigenvalue weighted by molar-refractivity contribution is 9.10. The molecule has 2 aromatic carbocycles. The number of hydrogen-bond acceptors (Lipinski definition) is 3. The first kappa shape index (κ1) is 18.3. The van der Waals surface area contributed by atoms with Gasteiger partial charge in [-0.2, -0.15) is 0 Å². The van der Waals surface area contributed by atoms with Crippen molar-refractivity contribution in [3.05, 3.63) is 63.6 Å². The molecule has 0 atom stereocenters. The third-order valence-corrected chi connectivity index (χ3v) is 4.08. The summed E-state index contributed by atoms with van der Waals surface area (Å²) in [5.74, 6) is -0.423. The van der Waals surface area contributed by atoms with Crippen LogP contribution in [0.25, 0.3) is 0 Å². The van der Waals surface area contributed by atoms with Crippen molar-refractivity contribution >= 4 is 39.3 Å². The van der Waals surface area contributed by atoms with E-state index < -0.39 is 17.4 Å². The molecule has 5 nitrogen and oxygen atoms in total. The molecule has 0 heterocycles. The van der Waals surface area contributed by atoms with Gasteiger partial charge in [-0.15, -0.1) is 0 Å². The van der Waals surface area contributed by atoms with Gasteiger partial charge in [0.05, 0.1) is 5.56 Å². The molecule has 2 amide bonds. The summed E-state index contributed by atoms with van der Waals surface area (Å²) in [5.41, 5.74) is 3.97. The van der Waals surface area contributed by atoms with Gasteiger partial charge in [0.2, 0.25) is 0 Å². The molecule has 0 saturated carbocycles. The second-order valence-corrected chi connectivity index (χ2v) is 6.75. The molecule has 0 radical (unpaired) electrons. The lowest BCUT2D eigenvalue weighted by molar-refractivity contribution is -0.135. The van der Waals surface area contributed by atoms with Crippen LogP contribution in [0.2, 0.25) is 5.02 Å². The number of benzene rings is 2. The van der Waals surface area contributed by atoms with Crippen LogP contribution >= 0.6 is 27.5 Å². The molecule has 2 rings (SSSR count). The summed E-state index contributed by atoms with van der Waals surface area (Å²) in [6, 6.07) is 13.6. The lowest BCUT2D eigenvalue weighted by Crippen LogP contribution is -2.53. The van der Waals surface area contributed by atoms with E-state index in [1.165, 1.54) is 0 Å². The third kappa shape index (κ3) is 4.72.